The number of nitrogens with one attached hydrogen (secondary N) is 1. The van der Waals surface area contributed by atoms with E-state index in [9.17, 15) is 14.9 Å². The topological polar surface area (TPSA) is 135 Å². The average Bonchev–Trinajstić information content (AvgIpc) is 3.44. The Morgan fingerprint density at radius 2 is 1.92 bits per heavy atom. The highest BCUT2D eigenvalue weighted by atomic mass is 35.5. The SMILES string of the molecule is COc1ncc(-n2nc3c(c2C(C)C)C(c2ccc(C#N)cc2)N(C2CC(Cl)CNC2=O)C3=O)c(OC)n1. The van der Waals surface area contributed by atoms with E-state index in [0.29, 0.717) is 29.8 Å². The Kier molecular flexibility index (Phi) is 6.67. The maximum absolute atomic E-state index is 14.0. The van der Waals surface area contributed by atoms with Gasteiger partial charge < -0.3 is 19.7 Å². The first-order valence-corrected chi connectivity index (χ1v) is 12.5. The van der Waals surface area contributed by atoms with Crippen molar-refractivity contribution in [2.75, 3.05) is 20.8 Å². The van der Waals surface area contributed by atoms with Crippen LogP contribution in [0.5, 0.6) is 11.9 Å². The Morgan fingerprint density at radius 3 is 2.55 bits per heavy atom. The maximum atomic E-state index is 14.0. The van der Waals surface area contributed by atoms with Gasteiger partial charge in [-0.3, -0.25) is 9.59 Å². The van der Waals surface area contributed by atoms with Crippen LogP contribution in [0.1, 0.15) is 65.1 Å². The molecule has 1 saturated heterocycles. The van der Waals surface area contributed by atoms with E-state index in [1.54, 1.807) is 33.8 Å². The summed E-state index contributed by atoms with van der Waals surface area (Å²) in [5.74, 6) is -0.499. The average molecular weight is 536 g/mol. The lowest BCUT2D eigenvalue weighted by molar-refractivity contribution is -0.127. The van der Waals surface area contributed by atoms with Crippen LogP contribution in [-0.2, 0) is 4.79 Å². The summed E-state index contributed by atoms with van der Waals surface area (Å²) in [6.07, 6.45) is 1.84. The van der Waals surface area contributed by atoms with Crippen molar-refractivity contribution < 1.29 is 19.1 Å². The highest BCUT2D eigenvalue weighted by Crippen LogP contribution is 2.45. The zero-order chi connectivity index (χ0) is 27.1. The van der Waals surface area contributed by atoms with Crippen molar-refractivity contribution in [1.82, 2.24) is 30.0 Å². The number of nitriles is 1. The molecule has 2 aliphatic heterocycles. The van der Waals surface area contributed by atoms with Gasteiger partial charge in [-0.25, -0.2) is 9.67 Å². The van der Waals surface area contributed by atoms with E-state index in [0.717, 1.165) is 11.3 Å². The molecule has 12 heteroatoms. The van der Waals surface area contributed by atoms with Crippen LogP contribution >= 0.6 is 11.6 Å². The van der Waals surface area contributed by atoms with Gasteiger partial charge in [-0.1, -0.05) is 26.0 Å². The van der Waals surface area contributed by atoms with Crippen LogP contribution < -0.4 is 14.8 Å². The minimum absolute atomic E-state index is 0.0901. The Bertz CT molecular complexity index is 1450. The third kappa shape index (κ3) is 4.11. The number of alkyl halides is 1. The quantitative estimate of drug-likeness (QED) is 0.476. The second kappa shape index (κ2) is 9.95. The monoisotopic (exact) mass is 535 g/mol. The molecule has 0 aliphatic carbocycles. The Morgan fingerprint density at radius 1 is 1.18 bits per heavy atom. The number of hydrogen-bond donors (Lipinski definition) is 1. The van der Waals surface area contributed by atoms with Crippen molar-refractivity contribution in [2.24, 2.45) is 0 Å². The van der Waals surface area contributed by atoms with Gasteiger partial charge >= 0.3 is 6.01 Å². The summed E-state index contributed by atoms with van der Waals surface area (Å²) in [7, 11) is 2.94. The molecule has 1 aromatic carbocycles. The van der Waals surface area contributed by atoms with Crippen molar-refractivity contribution in [3.8, 4) is 23.6 Å². The van der Waals surface area contributed by atoms with Crippen molar-refractivity contribution in [3.63, 3.8) is 0 Å². The number of hydrogen-bond acceptors (Lipinski definition) is 8. The molecule has 2 aliphatic rings. The normalized spacial score (nSPS) is 20.8. The number of nitrogens with zero attached hydrogens (tertiary/aromatic N) is 6. The molecule has 0 radical (unpaired) electrons. The molecule has 4 heterocycles. The lowest BCUT2D eigenvalue weighted by atomic mass is 9.92. The van der Waals surface area contributed by atoms with Crippen LogP contribution in [-0.4, -0.2) is 68.6 Å². The molecule has 1 fully saturated rings. The zero-order valence-corrected chi connectivity index (χ0v) is 22.1. The molecule has 3 unspecified atom stereocenters. The van der Waals surface area contributed by atoms with Crippen molar-refractivity contribution >= 4 is 23.4 Å². The third-order valence-electron chi connectivity index (χ3n) is 6.78. The number of carbonyl (C=O) groups is 2. The molecular weight excluding hydrogens is 510 g/mol. The predicted octanol–water partition coefficient (Wildman–Crippen LogP) is 2.72. The molecule has 1 N–H and O–H groups in total. The first kappa shape index (κ1) is 25.5. The van der Waals surface area contributed by atoms with Crippen molar-refractivity contribution in [3.05, 3.63) is 58.5 Å². The fourth-order valence-corrected chi connectivity index (χ4v) is 5.36. The van der Waals surface area contributed by atoms with Gasteiger partial charge in [0.15, 0.2) is 5.69 Å². The van der Waals surface area contributed by atoms with Crippen LogP contribution in [0.3, 0.4) is 0 Å². The lowest BCUT2D eigenvalue weighted by Crippen LogP contribution is -2.55. The summed E-state index contributed by atoms with van der Waals surface area (Å²) in [5.41, 5.74) is 3.33. The standard InChI is InChI=1S/C26H26ClN7O4/c1-13(2)21-19-20(32-34(21)18-12-30-26(38-4)31-24(18)37-3)25(36)33(17-9-16(27)11-29-23(17)35)22(19)15-7-5-14(10-28)6-8-15/h5-8,12-13,16-17,22H,9,11H2,1-4H3,(H,29,35). The van der Waals surface area contributed by atoms with Crippen molar-refractivity contribution in [2.45, 2.75) is 43.6 Å². The molecule has 38 heavy (non-hydrogen) atoms. The Balaban J connectivity index is 1.73. The summed E-state index contributed by atoms with van der Waals surface area (Å²) in [4.78, 5) is 37.1. The number of piperidine rings is 1. The molecule has 0 spiro atoms. The summed E-state index contributed by atoms with van der Waals surface area (Å²) in [5, 5.41) is 16.5. The van der Waals surface area contributed by atoms with Gasteiger partial charge in [-0.05, 0) is 30.0 Å². The number of rotatable bonds is 6. The number of halogens is 1. The minimum Gasteiger partial charge on any atom is -0.479 e. The fraction of sp³-hybridized carbons (Fsp3) is 0.385. The highest BCUT2D eigenvalue weighted by molar-refractivity contribution is 6.21. The molecule has 5 rings (SSSR count). The highest BCUT2D eigenvalue weighted by Gasteiger charge is 2.49. The first-order valence-electron chi connectivity index (χ1n) is 12.1. The van der Waals surface area contributed by atoms with Gasteiger partial charge in [0.2, 0.25) is 11.8 Å². The van der Waals surface area contributed by atoms with Crippen LogP contribution in [0.25, 0.3) is 5.69 Å². The lowest BCUT2D eigenvalue weighted by Gasteiger charge is -2.37. The predicted molar refractivity (Wildman–Crippen MR) is 137 cm³/mol. The number of benzene rings is 1. The summed E-state index contributed by atoms with van der Waals surface area (Å²) >= 11 is 6.42. The first-order chi connectivity index (χ1) is 18.3. The zero-order valence-electron chi connectivity index (χ0n) is 21.3. The van der Waals surface area contributed by atoms with Crippen LogP contribution in [0.2, 0.25) is 0 Å². The molecule has 3 aromatic rings. The third-order valence-corrected chi connectivity index (χ3v) is 7.12. The van der Waals surface area contributed by atoms with E-state index in [1.165, 1.54) is 20.4 Å². The molecule has 11 nitrogen and oxygen atoms in total. The number of fused-ring (bicyclic) bond motifs is 1. The second-order valence-electron chi connectivity index (χ2n) is 9.41. The number of ether oxygens (including phenoxy) is 2. The van der Waals surface area contributed by atoms with E-state index in [1.807, 2.05) is 13.8 Å². The van der Waals surface area contributed by atoms with E-state index in [-0.39, 0.29) is 40.7 Å². The summed E-state index contributed by atoms with van der Waals surface area (Å²) in [6.45, 7) is 4.33. The summed E-state index contributed by atoms with van der Waals surface area (Å²) in [6, 6.07) is 7.84. The van der Waals surface area contributed by atoms with Crippen LogP contribution in [0.4, 0.5) is 0 Å². The van der Waals surface area contributed by atoms with Crippen LogP contribution in [0, 0.1) is 11.3 Å². The van der Waals surface area contributed by atoms with E-state index >= 15 is 0 Å². The van der Waals surface area contributed by atoms with Gasteiger partial charge in [-0.2, -0.15) is 15.3 Å². The Hall–Kier alpha value is -4.17. The number of amides is 2. The molecule has 3 atom stereocenters. The van der Waals surface area contributed by atoms with E-state index in [4.69, 9.17) is 26.2 Å². The Labute approximate surface area is 224 Å². The molecular formula is C26H26ClN7O4. The molecule has 2 aromatic heterocycles. The van der Waals surface area contributed by atoms with E-state index < -0.39 is 12.1 Å². The molecule has 0 saturated carbocycles. The maximum Gasteiger partial charge on any atom is 0.319 e. The van der Waals surface area contributed by atoms with Gasteiger partial charge in [0.05, 0.1) is 49.2 Å². The van der Waals surface area contributed by atoms with Gasteiger partial charge in [0.1, 0.15) is 11.7 Å². The second-order valence-corrected chi connectivity index (χ2v) is 10.0. The molecule has 0 bridgehead atoms. The molecule has 2 amide bonds. The van der Waals surface area contributed by atoms with E-state index in [2.05, 4.69) is 21.4 Å². The van der Waals surface area contributed by atoms with Gasteiger partial charge in [0, 0.05) is 12.1 Å². The van der Waals surface area contributed by atoms with Crippen LogP contribution in [0.15, 0.2) is 30.5 Å². The number of methoxy groups -OCH3 is 2. The number of carbonyl (C=O) groups excluding carboxylic acids is 2. The van der Waals surface area contributed by atoms with Gasteiger partial charge in [0.25, 0.3) is 5.91 Å². The summed E-state index contributed by atoms with van der Waals surface area (Å²) < 4.78 is 12.3. The number of aromatic nitrogens is 4. The fourth-order valence-electron chi connectivity index (χ4n) is 5.12. The largest absolute Gasteiger partial charge is 0.479 e. The molecule has 196 valence electrons. The smallest absolute Gasteiger partial charge is 0.319 e. The van der Waals surface area contributed by atoms with Gasteiger partial charge in [-0.15, -0.1) is 11.6 Å². The van der Waals surface area contributed by atoms with Crippen molar-refractivity contribution in [1.29, 1.82) is 5.26 Å². The minimum atomic E-state index is -0.777.